The van der Waals surface area contributed by atoms with Gasteiger partial charge in [0.1, 0.15) is 10.7 Å². The van der Waals surface area contributed by atoms with Gasteiger partial charge in [-0.2, -0.15) is 4.98 Å². The maximum atomic E-state index is 12.6. The molecule has 0 fully saturated rings. The van der Waals surface area contributed by atoms with E-state index in [2.05, 4.69) is 14.9 Å². The Labute approximate surface area is 156 Å². The van der Waals surface area contributed by atoms with Gasteiger partial charge in [0.05, 0.1) is 5.69 Å². The first-order chi connectivity index (χ1) is 12.6. The first-order valence-corrected chi connectivity index (χ1v) is 9.93. The van der Waals surface area contributed by atoms with Crippen LogP contribution in [0.15, 0.2) is 40.4 Å². The quantitative estimate of drug-likeness (QED) is 0.493. The summed E-state index contributed by atoms with van der Waals surface area (Å²) in [7, 11) is 4.05. The molecular formula is C19H23N5OS. The number of aromatic nitrogens is 4. The smallest absolute Gasteiger partial charge is 0.308 e. The van der Waals surface area contributed by atoms with Crippen LogP contribution in [0.1, 0.15) is 23.4 Å². The zero-order chi connectivity index (χ0) is 18.1. The SMILES string of the molecule is CN(C)CCn1c2c(c(SCc3cn4ccccc4n3)nc1=O)CCC2. The summed E-state index contributed by atoms with van der Waals surface area (Å²) in [6.45, 7) is 1.56. The topological polar surface area (TPSA) is 55.4 Å². The van der Waals surface area contributed by atoms with Crippen LogP contribution in [0.4, 0.5) is 0 Å². The first-order valence-electron chi connectivity index (χ1n) is 8.94. The average molecular weight is 369 g/mol. The van der Waals surface area contributed by atoms with Crippen LogP contribution in [0.2, 0.25) is 0 Å². The van der Waals surface area contributed by atoms with Crippen molar-refractivity contribution in [3.8, 4) is 0 Å². The summed E-state index contributed by atoms with van der Waals surface area (Å²) in [5, 5.41) is 0.889. The van der Waals surface area contributed by atoms with Gasteiger partial charge in [-0.25, -0.2) is 9.78 Å². The number of pyridine rings is 1. The molecule has 0 aromatic carbocycles. The molecule has 26 heavy (non-hydrogen) atoms. The molecule has 0 atom stereocenters. The molecule has 136 valence electrons. The standard InChI is InChI=1S/C19H23N5OS/c1-22(2)10-11-24-16-7-5-6-15(16)18(21-19(24)25)26-13-14-12-23-9-4-3-8-17(23)20-14/h3-4,8-9,12H,5-7,10-11,13H2,1-2H3. The van der Waals surface area contributed by atoms with E-state index in [0.717, 1.165) is 47.9 Å². The molecular weight excluding hydrogens is 346 g/mol. The van der Waals surface area contributed by atoms with E-state index in [-0.39, 0.29) is 5.69 Å². The van der Waals surface area contributed by atoms with Crippen LogP contribution in [0.25, 0.3) is 5.65 Å². The predicted molar refractivity (Wildman–Crippen MR) is 104 cm³/mol. The maximum Gasteiger partial charge on any atom is 0.348 e. The number of hydrogen-bond acceptors (Lipinski definition) is 5. The van der Waals surface area contributed by atoms with Gasteiger partial charge in [0.15, 0.2) is 0 Å². The Kier molecular flexibility index (Phi) is 4.82. The monoisotopic (exact) mass is 369 g/mol. The highest BCUT2D eigenvalue weighted by atomic mass is 32.2. The van der Waals surface area contributed by atoms with Gasteiger partial charge in [0.25, 0.3) is 0 Å². The Balaban J connectivity index is 1.58. The van der Waals surface area contributed by atoms with E-state index in [9.17, 15) is 4.79 Å². The van der Waals surface area contributed by atoms with E-state index in [1.165, 1.54) is 11.3 Å². The van der Waals surface area contributed by atoms with E-state index < -0.39 is 0 Å². The minimum Gasteiger partial charge on any atom is -0.308 e. The Hall–Kier alpha value is -2.12. The van der Waals surface area contributed by atoms with Gasteiger partial charge in [-0.05, 0) is 45.5 Å². The van der Waals surface area contributed by atoms with E-state index in [0.29, 0.717) is 6.54 Å². The minimum atomic E-state index is -0.120. The fourth-order valence-electron chi connectivity index (χ4n) is 3.44. The lowest BCUT2D eigenvalue weighted by Gasteiger charge is -2.16. The molecule has 0 amide bonds. The van der Waals surface area contributed by atoms with E-state index >= 15 is 0 Å². The number of nitrogens with zero attached hydrogens (tertiary/aromatic N) is 5. The number of imidazole rings is 1. The summed E-state index contributed by atoms with van der Waals surface area (Å²) in [5.74, 6) is 0.724. The molecule has 7 heteroatoms. The molecule has 3 heterocycles. The van der Waals surface area contributed by atoms with Crippen molar-refractivity contribution in [2.75, 3.05) is 20.6 Å². The third-order valence-corrected chi connectivity index (χ3v) is 5.79. The van der Waals surface area contributed by atoms with Gasteiger partial charge >= 0.3 is 5.69 Å². The number of likely N-dealkylation sites (N-methyl/N-ethyl adjacent to an activating group) is 1. The third-order valence-electron chi connectivity index (χ3n) is 4.74. The zero-order valence-electron chi connectivity index (χ0n) is 15.2. The summed E-state index contributed by atoms with van der Waals surface area (Å²) >= 11 is 1.63. The number of rotatable bonds is 6. The van der Waals surface area contributed by atoms with Crippen LogP contribution in [0, 0.1) is 0 Å². The zero-order valence-corrected chi connectivity index (χ0v) is 16.0. The second-order valence-electron chi connectivity index (χ2n) is 6.92. The van der Waals surface area contributed by atoms with Crippen molar-refractivity contribution in [3.63, 3.8) is 0 Å². The molecule has 3 aromatic rings. The summed E-state index contributed by atoms with van der Waals surface area (Å²) in [4.78, 5) is 23.7. The molecule has 0 bridgehead atoms. The molecule has 1 aliphatic rings. The average Bonchev–Trinajstić information content (AvgIpc) is 3.25. The second kappa shape index (κ2) is 7.25. The van der Waals surface area contributed by atoms with Crippen LogP contribution in [-0.4, -0.2) is 44.5 Å². The van der Waals surface area contributed by atoms with Crippen molar-refractivity contribution in [2.45, 2.75) is 36.6 Å². The molecule has 0 N–H and O–H groups in total. The van der Waals surface area contributed by atoms with Crippen LogP contribution >= 0.6 is 11.8 Å². The predicted octanol–water partition coefficient (Wildman–Crippen LogP) is 2.23. The molecule has 0 aliphatic heterocycles. The second-order valence-corrected chi connectivity index (χ2v) is 7.88. The molecule has 3 aromatic heterocycles. The van der Waals surface area contributed by atoms with Gasteiger partial charge in [0, 0.05) is 42.5 Å². The molecule has 4 rings (SSSR count). The number of hydrogen-bond donors (Lipinski definition) is 0. The van der Waals surface area contributed by atoms with Crippen LogP contribution in [0.5, 0.6) is 0 Å². The first kappa shape index (κ1) is 17.3. The molecule has 0 saturated carbocycles. The third kappa shape index (κ3) is 3.41. The molecule has 6 nitrogen and oxygen atoms in total. The highest BCUT2D eigenvalue weighted by Gasteiger charge is 2.22. The summed E-state index contributed by atoms with van der Waals surface area (Å²) < 4.78 is 3.89. The molecule has 0 saturated heterocycles. The number of fused-ring (bicyclic) bond motifs is 2. The van der Waals surface area contributed by atoms with Gasteiger partial charge in [-0.1, -0.05) is 17.8 Å². The summed E-state index contributed by atoms with van der Waals surface area (Å²) in [6, 6.07) is 5.98. The van der Waals surface area contributed by atoms with Crippen molar-refractivity contribution < 1.29 is 0 Å². The van der Waals surface area contributed by atoms with E-state index in [1.54, 1.807) is 11.8 Å². The fourth-order valence-corrected chi connectivity index (χ4v) is 4.40. The van der Waals surface area contributed by atoms with Gasteiger partial charge in [-0.3, -0.25) is 4.57 Å². The molecule has 0 spiro atoms. The summed E-state index contributed by atoms with van der Waals surface area (Å²) in [6.07, 6.45) is 7.13. The van der Waals surface area contributed by atoms with Gasteiger partial charge in [0.2, 0.25) is 0 Å². The molecule has 0 radical (unpaired) electrons. The largest absolute Gasteiger partial charge is 0.348 e. The van der Waals surface area contributed by atoms with Crippen molar-refractivity contribution in [2.24, 2.45) is 0 Å². The van der Waals surface area contributed by atoms with Crippen LogP contribution in [-0.2, 0) is 25.1 Å². The van der Waals surface area contributed by atoms with Crippen molar-refractivity contribution in [1.82, 2.24) is 23.8 Å². The van der Waals surface area contributed by atoms with Crippen molar-refractivity contribution in [3.05, 3.63) is 58.0 Å². The normalized spacial score (nSPS) is 13.7. The highest BCUT2D eigenvalue weighted by molar-refractivity contribution is 7.98. The molecule has 1 aliphatic carbocycles. The Morgan fingerprint density at radius 2 is 2.12 bits per heavy atom. The van der Waals surface area contributed by atoms with Gasteiger partial charge in [-0.15, -0.1) is 0 Å². The van der Waals surface area contributed by atoms with Gasteiger partial charge < -0.3 is 9.30 Å². The van der Waals surface area contributed by atoms with Crippen LogP contribution in [0.3, 0.4) is 0 Å². The van der Waals surface area contributed by atoms with Crippen molar-refractivity contribution >= 4 is 17.4 Å². The molecule has 0 unspecified atom stereocenters. The van der Waals surface area contributed by atoms with Crippen molar-refractivity contribution in [1.29, 1.82) is 0 Å². The van der Waals surface area contributed by atoms with E-state index in [4.69, 9.17) is 0 Å². The number of thioether (sulfide) groups is 1. The highest BCUT2D eigenvalue weighted by Crippen LogP contribution is 2.30. The lowest BCUT2D eigenvalue weighted by atomic mass is 10.2. The Morgan fingerprint density at radius 1 is 1.23 bits per heavy atom. The lowest BCUT2D eigenvalue weighted by molar-refractivity contribution is 0.375. The minimum absolute atomic E-state index is 0.120. The fraction of sp³-hybridized carbons (Fsp3) is 0.421. The van der Waals surface area contributed by atoms with E-state index in [1.807, 2.05) is 53.7 Å². The summed E-state index contributed by atoms with van der Waals surface area (Å²) in [5.41, 5.74) is 4.28. The Bertz CT molecular complexity index is 958. The van der Waals surface area contributed by atoms with Crippen LogP contribution < -0.4 is 5.69 Å². The Morgan fingerprint density at radius 3 is 2.92 bits per heavy atom. The lowest BCUT2D eigenvalue weighted by Crippen LogP contribution is -2.31. The maximum absolute atomic E-state index is 12.6.